The van der Waals surface area contributed by atoms with Crippen molar-refractivity contribution in [2.45, 2.75) is 66.0 Å². The van der Waals surface area contributed by atoms with Gasteiger partial charge < -0.3 is 25.0 Å². The second kappa shape index (κ2) is 12.3. The van der Waals surface area contributed by atoms with Crippen LogP contribution in [0, 0.1) is 17.2 Å². The molecule has 1 aliphatic rings. The number of aromatic nitrogens is 2. The SMILES string of the molecule is C[C@H](NC(=O)c1c(O)c2ncc(Cc3ccc(F)cc3)cc2n(CCN2CCCCC2=O)c1=O)C(C(=O)O)C(C)(C)C. The normalized spacial score (nSPS) is 15.5. The molecule has 1 unspecified atom stereocenters. The number of fused-ring (bicyclic) bond motifs is 1. The van der Waals surface area contributed by atoms with Crippen molar-refractivity contribution in [2.75, 3.05) is 13.1 Å². The van der Waals surface area contributed by atoms with Crippen LogP contribution >= 0.6 is 0 Å². The maximum atomic E-state index is 13.8. The Morgan fingerprint density at radius 3 is 2.40 bits per heavy atom. The third-order valence-corrected chi connectivity index (χ3v) is 7.76. The van der Waals surface area contributed by atoms with E-state index in [4.69, 9.17) is 0 Å². The Morgan fingerprint density at radius 2 is 1.79 bits per heavy atom. The Bertz CT molecular complexity index is 1560. The number of halogens is 1. The van der Waals surface area contributed by atoms with E-state index in [0.29, 0.717) is 24.9 Å². The van der Waals surface area contributed by atoms with E-state index in [1.54, 1.807) is 50.8 Å². The molecule has 10 nitrogen and oxygen atoms in total. The summed E-state index contributed by atoms with van der Waals surface area (Å²) in [5.74, 6) is -3.97. The second-order valence-corrected chi connectivity index (χ2v) is 12.0. The monoisotopic (exact) mass is 580 g/mol. The lowest BCUT2D eigenvalue weighted by Gasteiger charge is -2.32. The molecule has 2 aromatic heterocycles. The highest BCUT2D eigenvalue weighted by atomic mass is 19.1. The number of pyridine rings is 2. The largest absolute Gasteiger partial charge is 0.505 e. The van der Waals surface area contributed by atoms with Crippen LogP contribution in [-0.2, 0) is 22.6 Å². The first-order valence-corrected chi connectivity index (χ1v) is 14.1. The minimum atomic E-state index is -1.10. The van der Waals surface area contributed by atoms with Gasteiger partial charge >= 0.3 is 5.97 Å². The molecule has 11 heteroatoms. The van der Waals surface area contributed by atoms with Gasteiger partial charge in [-0.15, -0.1) is 0 Å². The fourth-order valence-electron chi connectivity index (χ4n) is 5.72. The number of nitrogens with one attached hydrogen (secondary N) is 1. The average Bonchev–Trinajstić information content (AvgIpc) is 2.89. The summed E-state index contributed by atoms with van der Waals surface area (Å²) in [5, 5.41) is 23.6. The van der Waals surface area contributed by atoms with Gasteiger partial charge in [0.25, 0.3) is 11.5 Å². The molecule has 0 bridgehead atoms. The first-order valence-electron chi connectivity index (χ1n) is 14.1. The number of piperidine rings is 1. The zero-order valence-electron chi connectivity index (χ0n) is 24.3. The molecule has 2 atom stereocenters. The molecule has 2 amide bonds. The standard InChI is InChI=1S/C31H37FN4O6/c1-18(25(30(41)42)31(2,3)4)34-28(39)24-27(38)26-22(16-20(17-33-26)15-19-8-10-21(32)11-9-19)36(29(24)40)14-13-35-12-6-5-7-23(35)37/h8-11,16-18,25,38H,5-7,12-15H2,1-4H3,(H,34,39)(H,41,42)/t18-,25?/m0/s1. The first-order chi connectivity index (χ1) is 19.8. The number of carboxylic acids is 1. The predicted octanol–water partition coefficient (Wildman–Crippen LogP) is 3.71. The number of carbonyl (C=O) groups is 3. The summed E-state index contributed by atoms with van der Waals surface area (Å²) in [7, 11) is 0. The lowest BCUT2D eigenvalue weighted by molar-refractivity contribution is -0.146. The molecule has 3 heterocycles. The fraction of sp³-hybridized carbons (Fsp3) is 0.452. The van der Waals surface area contributed by atoms with Crippen molar-refractivity contribution in [3.63, 3.8) is 0 Å². The number of hydrogen-bond donors (Lipinski definition) is 3. The number of rotatable bonds is 9. The maximum Gasteiger partial charge on any atom is 0.309 e. The van der Waals surface area contributed by atoms with Crippen molar-refractivity contribution in [3.05, 3.63) is 69.4 Å². The van der Waals surface area contributed by atoms with E-state index >= 15 is 0 Å². The Balaban J connectivity index is 1.76. The number of hydrogen-bond acceptors (Lipinski definition) is 6. The van der Waals surface area contributed by atoms with Crippen LogP contribution in [0.1, 0.15) is 68.4 Å². The van der Waals surface area contributed by atoms with Gasteiger partial charge in [-0.3, -0.25) is 24.2 Å². The minimum absolute atomic E-state index is 0.0128. The highest BCUT2D eigenvalue weighted by Crippen LogP contribution is 2.30. The molecular weight excluding hydrogens is 543 g/mol. The van der Waals surface area contributed by atoms with Gasteiger partial charge in [0, 0.05) is 38.3 Å². The van der Waals surface area contributed by atoms with Crippen LogP contribution in [0.5, 0.6) is 5.75 Å². The van der Waals surface area contributed by atoms with E-state index in [0.717, 1.165) is 18.4 Å². The van der Waals surface area contributed by atoms with E-state index in [9.17, 15) is 33.8 Å². The molecule has 4 rings (SSSR count). The number of carboxylic acid groups (broad SMARTS) is 1. The molecule has 42 heavy (non-hydrogen) atoms. The molecule has 0 radical (unpaired) electrons. The summed E-state index contributed by atoms with van der Waals surface area (Å²) in [4.78, 5) is 57.8. The van der Waals surface area contributed by atoms with Gasteiger partial charge in [0.15, 0.2) is 5.75 Å². The first kappa shape index (κ1) is 30.7. The van der Waals surface area contributed by atoms with Crippen molar-refractivity contribution < 1.29 is 29.0 Å². The lowest BCUT2D eigenvalue weighted by atomic mass is 9.76. The minimum Gasteiger partial charge on any atom is -0.505 e. The van der Waals surface area contributed by atoms with E-state index in [-0.39, 0.29) is 35.8 Å². The van der Waals surface area contributed by atoms with Gasteiger partial charge in [0.05, 0.1) is 11.4 Å². The van der Waals surface area contributed by atoms with Crippen LogP contribution in [0.3, 0.4) is 0 Å². The molecule has 1 saturated heterocycles. The number of amides is 2. The van der Waals surface area contributed by atoms with Gasteiger partial charge in [0.1, 0.15) is 16.9 Å². The molecule has 224 valence electrons. The highest BCUT2D eigenvalue weighted by molar-refractivity contribution is 6.01. The molecule has 0 aliphatic carbocycles. The zero-order chi connectivity index (χ0) is 30.8. The summed E-state index contributed by atoms with van der Waals surface area (Å²) in [6.45, 7) is 7.60. The lowest BCUT2D eigenvalue weighted by Crippen LogP contribution is -2.48. The van der Waals surface area contributed by atoms with Crippen molar-refractivity contribution in [1.82, 2.24) is 19.8 Å². The summed E-state index contributed by atoms with van der Waals surface area (Å²) >= 11 is 0. The maximum absolute atomic E-state index is 13.8. The Morgan fingerprint density at radius 1 is 1.10 bits per heavy atom. The molecule has 1 fully saturated rings. The molecular formula is C31H37FN4O6. The summed E-state index contributed by atoms with van der Waals surface area (Å²) in [6, 6.07) is 6.80. The molecule has 3 aromatic rings. The van der Waals surface area contributed by atoms with E-state index in [1.807, 2.05) is 0 Å². The fourth-order valence-corrected chi connectivity index (χ4v) is 5.72. The molecule has 0 spiro atoms. The van der Waals surface area contributed by atoms with Gasteiger partial charge in [0.2, 0.25) is 5.91 Å². The molecule has 3 N–H and O–H groups in total. The van der Waals surface area contributed by atoms with Crippen LogP contribution in [0.25, 0.3) is 11.0 Å². The molecule has 1 aromatic carbocycles. The van der Waals surface area contributed by atoms with E-state index < -0.39 is 46.1 Å². The Labute approximate surface area is 243 Å². The summed E-state index contributed by atoms with van der Waals surface area (Å²) < 4.78 is 14.7. The van der Waals surface area contributed by atoms with Crippen LogP contribution in [-0.4, -0.2) is 61.6 Å². The van der Waals surface area contributed by atoms with Crippen LogP contribution in [0.15, 0.2) is 41.3 Å². The van der Waals surface area contributed by atoms with Crippen LogP contribution in [0.4, 0.5) is 4.39 Å². The van der Waals surface area contributed by atoms with Crippen LogP contribution in [0.2, 0.25) is 0 Å². The number of likely N-dealkylation sites (tertiary alicyclic amines) is 1. The number of nitrogens with zero attached hydrogens (tertiary/aromatic N) is 3. The summed E-state index contributed by atoms with van der Waals surface area (Å²) in [6.07, 6.45) is 3.98. The second-order valence-electron chi connectivity index (χ2n) is 12.0. The number of benzene rings is 1. The smallest absolute Gasteiger partial charge is 0.309 e. The van der Waals surface area contributed by atoms with Crippen molar-refractivity contribution in [1.29, 1.82) is 0 Å². The van der Waals surface area contributed by atoms with Gasteiger partial charge in [-0.2, -0.15) is 0 Å². The van der Waals surface area contributed by atoms with Crippen molar-refractivity contribution in [3.8, 4) is 5.75 Å². The number of aromatic hydroxyl groups is 1. The average molecular weight is 581 g/mol. The zero-order valence-corrected chi connectivity index (χ0v) is 24.3. The predicted molar refractivity (Wildman–Crippen MR) is 155 cm³/mol. The number of aliphatic carboxylic acids is 1. The van der Waals surface area contributed by atoms with Crippen molar-refractivity contribution in [2.24, 2.45) is 11.3 Å². The summed E-state index contributed by atoms with van der Waals surface area (Å²) in [5.41, 5.74) is -0.223. The quantitative estimate of drug-likeness (QED) is 0.350. The van der Waals surface area contributed by atoms with E-state index in [2.05, 4.69) is 10.3 Å². The third kappa shape index (κ3) is 6.61. The van der Waals surface area contributed by atoms with Crippen LogP contribution < -0.4 is 10.9 Å². The number of carbonyl (C=O) groups excluding carboxylic acids is 2. The Kier molecular flexibility index (Phi) is 8.98. The van der Waals surface area contributed by atoms with Gasteiger partial charge in [-0.05, 0) is 60.9 Å². The van der Waals surface area contributed by atoms with Crippen molar-refractivity contribution >= 4 is 28.8 Å². The highest BCUT2D eigenvalue weighted by Gasteiger charge is 2.37. The topological polar surface area (TPSA) is 142 Å². The molecule has 0 saturated carbocycles. The van der Waals surface area contributed by atoms with E-state index in [1.165, 1.54) is 22.9 Å². The Hall–Kier alpha value is -4.28. The van der Waals surface area contributed by atoms with Gasteiger partial charge in [-0.1, -0.05) is 32.9 Å². The molecule has 1 aliphatic heterocycles. The van der Waals surface area contributed by atoms with Gasteiger partial charge in [-0.25, -0.2) is 4.39 Å². The third-order valence-electron chi connectivity index (χ3n) is 7.76.